The van der Waals surface area contributed by atoms with Crippen LogP contribution in [0.15, 0.2) is 47.1 Å². The Morgan fingerprint density at radius 2 is 2.00 bits per heavy atom. The molecule has 1 heterocycles. The third-order valence-corrected chi connectivity index (χ3v) is 3.57. The summed E-state index contributed by atoms with van der Waals surface area (Å²) in [4.78, 5) is 11.9. The second kappa shape index (κ2) is 4.92. The van der Waals surface area contributed by atoms with Gasteiger partial charge in [-0.15, -0.1) is 0 Å². The quantitative estimate of drug-likeness (QED) is 0.747. The van der Waals surface area contributed by atoms with Gasteiger partial charge >= 0.3 is 6.03 Å². The average molecular weight is 271 g/mol. The van der Waals surface area contributed by atoms with Crippen molar-refractivity contribution in [2.24, 2.45) is 0 Å². The first-order chi connectivity index (χ1) is 9.68. The van der Waals surface area contributed by atoms with E-state index in [2.05, 4.69) is 10.6 Å². The van der Waals surface area contributed by atoms with E-state index in [0.29, 0.717) is 6.54 Å². The molecule has 0 aliphatic heterocycles. The molecule has 3 rings (SSSR count). The molecule has 1 saturated carbocycles. The van der Waals surface area contributed by atoms with Crippen LogP contribution in [0.4, 0.5) is 10.5 Å². The van der Waals surface area contributed by atoms with Gasteiger partial charge < -0.3 is 20.8 Å². The van der Waals surface area contributed by atoms with Gasteiger partial charge in [0.1, 0.15) is 5.76 Å². The van der Waals surface area contributed by atoms with Crippen molar-refractivity contribution in [2.45, 2.75) is 24.9 Å². The van der Waals surface area contributed by atoms with Crippen LogP contribution in [-0.4, -0.2) is 6.03 Å². The Balaban J connectivity index is 1.59. The standard InChI is InChI=1S/C15H17N3O2/c16-12-5-3-11(4-6-12)15(7-8-15)18-14(19)17-10-13-2-1-9-20-13/h1-6,9H,7-8,10,16H2,(H2,17,18,19). The number of nitrogens with one attached hydrogen (secondary N) is 2. The normalized spacial score (nSPS) is 15.6. The van der Waals surface area contributed by atoms with Crippen molar-refractivity contribution < 1.29 is 9.21 Å². The molecule has 5 heteroatoms. The Hall–Kier alpha value is -2.43. The van der Waals surface area contributed by atoms with Crippen LogP contribution in [0.2, 0.25) is 0 Å². The fourth-order valence-electron chi connectivity index (χ4n) is 2.26. The molecule has 0 unspecified atom stereocenters. The van der Waals surface area contributed by atoms with Gasteiger partial charge in [0.05, 0.1) is 18.3 Å². The smallest absolute Gasteiger partial charge is 0.315 e. The zero-order valence-corrected chi connectivity index (χ0v) is 11.1. The minimum Gasteiger partial charge on any atom is -0.467 e. The molecule has 1 aliphatic carbocycles. The van der Waals surface area contributed by atoms with E-state index in [0.717, 1.165) is 29.9 Å². The van der Waals surface area contributed by atoms with Crippen LogP contribution in [-0.2, 0) is 12.1 Å². The van der Waals surface area contributed by atoms with Gasteiger partial charge in [-0.25, -0.2) is 4.79 Å². The monoisotopic (exact) mass is 271 g/mol. The lowest BCUT2D eigenvalue weighted by atomic mass is 10.0. The lowest BCUT2D eigenvalue weighted by Crippen LogP contribution is -2.41. The van der Waals surface area contributed by atoms with E-state index < -0.39 is 0 Å². The first-order valence-electron chi connectivity index (χ1n) is 6.62. The maximum atomic E-state index is 11.9. The largest absolute Gasteiger partial charge is 0.467 e. The molecule has 2 aromatic rings. The van der Waals surface area contributed by atoms with Gasteiger partial charge in [0, 0.05) is 5.69 Å². The molecule has 0 spiro atoms. The lowest BCUT2D eigenvalue weighted by molar-refractivity contribution is 0.234. The van der Waals surface area contributed by atoms with Gasteiger partial charge in [-0.05, 0) is 42.7 Å². The Labute approximate surface area is 117 Å². The number of hydrogen-bond acceptors (Lipinski definition) is 3. The number of furan rings is 1. The van der Waals surface area contributed by atoms with E-state index in [-0.39, 0.29) is 11.6 Å². The van der Waals surface area contributed by atoms with Gasteiger partial charge in [-0.3, -0.25) is 0 Å². The number of anilines is 1. The predicted octanol–water partition coefficient (Wildman–Crippen LogP) is 2.35. The van der Waals surface area contributed by atoms with Gasteiger partial charge in [0.25, 0.3) is 0 Å². The van der Waals surface area contributed by atoms with E-state index in [1.165, 1.54) is 0 Å². The summed E-state index contributed by atoms with van der Waals surface area (Å²) in [6, 6.07) is 11.1. The number of urea groups is 1. The highest BCUT2D eigenvalue weighted by molar-refractivity contribution is 5.75. The van der Waals surface area contributed by atoms with Crippen LogP contribution >= 0.6 is 0 Å². The summed E-state index contributed by atoms with van der Waals surface area (Å²) in [5.41, 5.74) is 7.27. The number of hydrogen-bond donors (Lipinski definition) is 3. The number of amides is 2. The average Bonchev–Trinajstić information content (AvgIpc) is 3.03. The third kappa shape index (κ3) is 2.61. The zero-order chi connectivity index (χ0) is 14.0. The SMILES string of the molecule is Nc1ccc(C2(NC(=O)NCc3ccco3)CC2)cc1. The highest BCUT2D eigenvalue weighted by Gasteiger charge is 2.45. The summed E-state index contributed by atoms with van der Waals surface area (Å²) >= 11 is 0. The van der Waals surface area contributed by atoms with Crippen LogP contribution in [0.1, 0.15) is 24.2 Å². The molecule has 1 aromatic heterocycles. The van der Waals surface area contributed by atoms with E-state index >= 15 is 0 Å². The first kappa shape index (κ1) is 12.6. The maximum Gasteiger partial charge on any atom is 0.315 e. The number of nitrogen functional groups attached to an aromatic ring is 1. The summed E-state index contributed by atoms with van der Waals surface area (Å²) < 4.78 is 5.17. The van der Waals surface area contributed by atoms with E-state index in [9.17, 15) is 4.79 Å². The van der Waals surface area contributed by atoms with E-state index in [1.807, 2.05) is 30.3 Å². The summed E-state index contributed by atoms with van der Waals surface area (Å²) in [7, 11) is 0. The van der Waals surface area contributed by atoms with Gasteiger partial charge in [-0.2, -0.15) is 0 Å². The zero-order valence-electron chi connectivity index (χ0n) is 11.1. The Bertz CT molecular complexity index is 586. The van der Waals surface area contributed by atoms with Crippen molar-refractivity contribution in [1.29, 1.82) is 0 Å². The topological polar surface area (TPSA) is 80.3 Å². The van der Waals surface area contributed by atoms with Gasteiger partial charge in [0.15, 0.2) is 0 Å². The molecule has 1 aliphatic rings. The van der Waals surface area contributed by atoms with Crippen LogP contribution < -0.4 is 16.4 Å². The molecule has 0 bridgehead atoms. The molecular formula is C15H17N3O2. The van der Waals surface area contributed by atoms with Gasteiger partial charge in [0.2, 0.25) is 0 Å². The minimum atomic E-state index is -0.235. The fraction of sp³-hybridized carbons (Fsp3) is 0.267. The molecule has 0 atom stereocenters. The summed E-state index contributed by atoms with van der Waals surface area (Å²) in [5, 5.41) is 5.83. The molecule has 0 saturated heterocycles. The van der Waals surface area contributed by atoms with Crippen LogP contribution in [0, 0.1) is 0 Å². The van der Waals surface area contributed by atoms with Crippen molar-refractivity contribution in [3.8, 4) is 0 Å². The second-order valence-corrected chi connectivity index (χ2v) is 5.09. The van der Waals surface area contributed by atoms with Crippen molar-refractivity contribution in [3.63, 3.8) is 0 Å². The number of benzene rings is 1. The molecule has 104 valence electrons. The Morgan fingerprint density at radius 3 is 2.60 bits per heavy atom. The van der Waals surface area contributed by atoms with Crippen LogP contribution in [0.5, 0.6) is 0 Å². The van der Waals surface area contributed by atoms with Crippen molar-refractivity contribution in [2.75, 3.05) is 5.73 Å². The van der Waals surface area contributed by atoms with Crippen molar-refractivity contribution >= 4 is 11.7 Å². The Morgan fingerprint density at radius 1 is 1.25 bits per heavy atom. The molecule has 20 heavy (non-hydrogen) atoms. The molecule has 1 fully saturated rings. The summed E-state index contributed by atoms with van der Waals surface area (Å²) in [5.74, 6) is 0.734. The predicted molar refractivity (Wildman–Crippen MR) is 75.8 cm³/mol. The number of rotatable bonds is 4. The van der Waals surface area contributed by atoms with Crippen molar-refractivity contribution in [3.05, 3.63) is 54.0 Å². The minimum absolute atomic E-state index is 0.185. The number of nitrogens with two attached hydrogens (primary N) is 1. The molecule has 1 aromatic carbocycles. The molecule has 0 radical (unpaired) electrons. The van der Waals surface area contributed by atoms with Crippen LogP contribution in [0.3, 0.4) is 0 Å². The first-order valence-corrected chi connectivity index (χ1v) is 6.62. The van der Waals surface area contributed by atoms with Crippen LogP contribution in [0.25, 0.3) is 0 Å². The highest BCUT2D eigenvalue weighted by Crippen LogP contribution is 2.45. The Kier molecular flexibility index (Phi) is 3.10. The molecule has 5 nitrogen and oxygen atoms in total. The molecular weight excluding hydrogens is 254 g/mol. The van der Waals surface area contributed by atoms with Gasteiger partial charge in [-0.1, -0.05) is 12.1 Å². The summed E-state index contributed by atoms with van der Waals surface area (Å²) in [6.45, 7) is 0.386. The third-order valence-electron chi connectivity index (χ3n) is 3.57. The number of carbonyl (C=O) groups is 1. The van der Waals surface area contributed by atoms with Crippen molar-refractivity contribution in [1.82, 2.24) is 10.6 Å². The fourth-order valence-corrected chi connectivity index (χ4v) is 2.26. The lowest BCUT2D eigenvalue weighted by Gasteiger charge is -2.18. The molecule has 4 N–H and O–H groups in total. The second-order valence-electron chi connectivity index (χ2n) is 5.09. The van der Waals surface area contributed by atoms with E-state index in [1.54, 1.807) is 12.3 Å². The maximum absolute atomic E-state index is 11.9. The van der Waals surface area contributed by atoms with E-state index in [4.69, 9.17) is 10.2 Å². The number of carbonyl (C=O) groups excluding carboxylic acids is 1. The highest BCUT2D eigenvalue weighted by atomic mass is 16.3. The molecule has 2 amide bonds. The summed E-state index contributed by atoms with van der Waals surface area (Å²) in [6.07, 6.45) is 3.49.